The predicted molar refractivity (Wildman–Crippen MR) is 64.1 cm³/mol. The number of halogens is 4. The van der Waals surface area contributed by atoms with Gasteiger partial charge in [-0.15, -0.1) is 0 Å². The molecule has 0 unspecified atom stereocenters. The number of hydrogen-bond acceptors (Lipinski definition) is 2. The molecule has 0 N–H and O–H groups in total. The van der Waals surface area contributed by atoms with Crippen LogP contribution in [0.3, 0.4) is 0 Å². The number of hydrogen-bond donors (Lipinski definition) is 0. The van der Waals surface area contributed by atoms with Crippen LogP contribution >= 0.6 is 11.6 Å². The van der Waals surface area contributed by atoms with Gasteiger partial charge in [-0.1, -0.05) is 17.7 Å². The van der Waals surface area contributed by atoms with Gasteiger partial charge in [0, 0.05) is 18.6 Å². The molecule has 0 spiro atoms. The summed E-state index contributed by atoms with van der Waals surface area (Å²) in [5.74, 6) is 0. The predicted octanol–water partition coefficient (Wildman–Crippen LogP) is 2.96. The standard InChI is InChI=1S/C12H8ClF3N2O/c13-10-4-9(12(14,15)16)7-18(11(10)19)6-8-2-1-3-17-5-8/h1-5,7H,6H2. The first kappa shape index (κ1) is 13.6. The molecule has 100 valence electrons. The summed E-state index contributed by atoms with van der Waals surface area (Å²) < 4.78 is 38.8. The Bertz CT molecular complexity index is 638. The van der Waals surface area contributed by atoms with Gasteiger partial charge < -0.3 is 4.57 Å². The van der Waals surface area contributed by atoms with Crippen molar-refractivity contribution in [2.45, 2.75) is 12.7 Å². The summed E-state index contributed by atoms with van der Waals surface area (Å²) in [4.78, 5) is 15.5. The van der Waals surface area contributed by atoms with Gasteiger partial charge in [-0.25, -0.2) is 0 Å². The van der Waals surface area contributed by atoms with Crippen LogP contribution in [0.2, 0.25) is 5.02 Å². The third-order valence-electron chi connectivity index (χ3n) is 2.45. The summed E-state index contributed by atoms with van der Waals surface area (Å²) in [5, 5.41) is -0.460. The van der Waals surface area contributed by atoms with Crippen LogP contribution in [0.15, 0.2) is 41.6 Å². The van der Waals surface area contributed by atoms with Gasteiger partial charge in [0.25, 0.3) is 5.56 Å². The molecule has 19 heavy (non-hydrogen) atoms. The maximum absolute atomic E-state index is 12.6. The van der Waals surface area contributed by atoms with E-state index in [1.165, 1.54) is 12.4 Å². The summed E-state index contributed by atoms with van der Waals surface area (Å²) in [6, 6.07) is 3.92. The van der Waals surface area contributed by atoms with Gasteiger partial charge in [0.15, 0.2) is 0 Å². The maximum Gasteiger partial charge on any atom is 0.417 e. The molecule has 0 bridgehead atoms. The van der Waals surface area contributed by atoms with E-state index in [0.717, 1.165) is 10.8 Å². The van der Waals surface area contributed by atoms with E-state index in [2.05, 4.69) is 4.98 Å². The highest BCUT2D eigenvalue weighted by molar-refractivity contribution is 6.30. The fourth-order valence-corrected chi connectivity index (χ4v) is 1.79. The van der Waals surface area contributed by atoms with Crippen molar-refractivity contribution in [1.82, 2.24) is 9.55 Å². The average Bonchev–Trinajstić information content (AvgIpc) is 2.34. The zero-order chi connectivity index (χ0) is 14.0. The highest BCUT2D eigenvalue weighted by Crippen LogP contribution is 2.29. The maximum atomic E-state index is 12.6. The summed E-state index contributed by atoms with van der Waals surface area (Å²) >= 11 is 5.54. The fourth-order valence-electron chi connectivity index (χ4n) is 1.56. The number of rotatable bonds is 2. The van der Waals surface area contributed by atoms with E-state index in [9.17, 15) is 18.0 Å². The molecule has 0 aliphatic carbocycles. The first-order valence-electron chi connectivity index (χ1n) is 5.24. The van der Waals surface area contributed by atoms with Crippen LogP contribution in [0.5, 0.6) is 0 Å². The fraction of sp³-hybridized carbons (Fsp3) is 0.167. The highest BCUT2D eigenvalue weighted by Gasteiger charge is 2.32. The van der Waals surface area contributed by atoms with Gasteiger partial charge in [0.05, 0.1) is 12.1 Å². The van der Waals surface area contributed by atoms with E-state index in [4.69, 9.17) is 11.6 Å². The van der Waals surface area contributed by atoms with Gasteiger partial charge in [-0.2, -0.15) is 13.2 Å². The molecule has 0 aromatic carbocycles. The monoisotopic (exact) mass is 288 g/mol. The first-order chi connectivity index (χ1) is 8.88. The van der Waals surface area contributed by atoms with Crippen molar-refractivity contribution >= 4 is 11.6 Å². The van der Waals surface area contributed by atoms with Crippen molar-refractivity contribution in [3.05, 3.63) is 63.3 Å². The second-order valence-electron chi connectivity index (χ2n) is 3.87. The largest absolute Gasteiger partial charge is 0.417 e. The van der Waals surface area contributed by atoms with E-state index < -0.39 is 22.3 Å². The molecule has 2 aromatic heterocycles. The summed E-state index contributed by atoms with van der Waals surface area (Å²) in [7, 11) is 0. The number of aromatic nitrogens is 2. The Kier molecular flexibility index (Phi) is 3.61. The second-order valence-corrected chi connectivity index (χ2v) is 4.28. The Morgan fingerprint density at radius 3 is 2.68 bits per heavy atom. The molecule has 0 saturated heterocycles. The minimum Gasteiger partial charge on any atom is -0.309 e. The smallest absolute Gasteiger partial charge is 0.309 e. The Morgan fingerprint density at radius 2 is 2.11 bits per heavy atom. The van der Waals surface area contributed by atoms with Crippen LogP contribution in [-0.2, 0) is 12.7 Å². The Morgan fingerprint density at radius 1 is 1.37 bits per heavy atom. The lowest BCUT2D eigenvalue weighted by atomic mass is 10.2. The van der Waals surface area contributed by atoms with Gasteiger partial charge in [-0.05, 0) is 17.7 Å². The molecular formula is C12H8ClF3N2O. The van der Waals surface area contributed by atoms with E-state index in [1.807, 2.05) is 0 Å². The molecule has 0 aliphatic heterocycles. The third kappa shape index (κ3) is 3.14. The van der Waals surface area contributed by atoms with Crippen molar-refractivity contribution in [2.24, 2.45) is 0 Å². The van der Waals surface area contributed by atoms with Crippen molar-refractivity contribution in [2.75, 3.05) is 0 Å². The lowest BCUT2D eigenvalue weighted by Gasteiger charge is -2.11. The van der Waals surface area contributed by atoms with Crippen LogP contribution in [-0.4, -0.2) is 9.55 Å². The third-order valence-corrected chi connectivity index (χ3v) is 2.72. The number of alkyl halides is 3. The SMILES string of the molecule is O=c1c(Cl)cc(C(F)(F)F)cn1Cc1cccnc1. The molecule has 0 aliphatic rings. The Labute approximate surface area is 111 Å². The number of pyridine rings is 2. The molecule has 2 aromatic rings. The normalized spacial score (nSPS) is 11.6. The van der Waals surface area contributed by atoms with Gasteiger partial charge in [0.2, 0.25) is 0 Å². The Hall–Kier alpha value is -1.82. The summed E-state index contributed by atoms with van der Waals surface area (Å²) in [6.45, 7) is -0.0175. The summed E-state index contributed by atoms with van der Waals surface area (Å²) in [5.41, 5.74) is -1.01. The molecule has 2 rings (SSSR count). The van der Waals surface area contributed by atoms with E-state index in [-0.39, 0.29) is 6.54 Å². The van der Waals surface area contributed by atoms with E-state index >= 15 is 0 Å². The minimum atomic E-state index is -4.55. The molecule has 2 heterocycles. The van der Waals surface area contributed by atoms with E-state index in [1.54, 1.807) is 12.1 Å². The quantitative estimate of drug-likeness (QED) is 0.851. The Balaban J connectivity index is 2.46. The van der Waals surface area contributed by atoms with Crippen molar-refractivity contribution in [3.63, 3.8) is 0 Å². The lowest BCUT2D eigenvalue weighted by molar-refractivity contribution is -0.138. The first-order valence-corrected chi connectivity index (χ1v) is 5.62. The molecule has 3 nitrogen and oxygen atoms in total. The van der Waals surface area contributed by atoms with Gasteiger partial charge >= 0.3 is 6.18 Å². The topological polar surface area (TPSA) is 34.9 Å². The number of nitrogens with zero attached hydrogens (tertiary/aromatic N) is 2. The molecule has 0 fully saturated rings. The molecule has 0 radical (unpaired) electrons. The van der Waals surface area contributed by atoms with Crippen LogP contribution < -0.4 is 5.56 Å². The van der Waals surface area contributed by atoms with Crippen LogP contribution in [0.4, 0.5) is 13.2 Å². The molecule has 0 atom stereocenters. The average molecular weight is 289 g/mol. The second kappa shape index (κ2) is 5.05. The zero-order valence-electron chi connectivity index (χ0n) is 9.49. The summed E-state index contributed by atoms with van der Waals surface area (Å²) in [6.07, 6.45) is -0.790. The van der Waals surface area contributed by atoms with Crippen LogP contribution in [0.25, 0.3) is 0 Å². The molecular weight excluding hydrogens is 281 g/mol. The van der Waals surface area contributed by atoms with Gasteiger partial charge in [0.1, 0.15) is 5.02 Å². The minimum absolute atomic E-state index is 0.0175. The van der Waals surface area contributed by atoms with Crippen molar-refractivity contribution in [1.29, 1.82) is 0 Å². The van der Waals surface area contributed by atoms with Crippen molar-refractivity contribution < 1.29 is 13.2 Å². The van der Waals surface area contributed by atoms with Crippen LogP contribution in [0, 0.1) is 0 Å². The molecule has 7 heteroatoms. The van der Waals surface area contributed by atoms with Gasteiger partial charge in [-0.3, -0.25) is 9.78 Å². The van der Waals surface area contributed by atoms with Crippen LogP contribution in [0.1, 0.15) is 11.1 Å². The lowest BCUT2D eigenvalue weighted by Crippen LogP contribution is -2.23. The van der Waals surface area contributed by atoms with Crippen molar-refractivity contribution in [3.8, 4) is 0 Å². The molecule has 0 amide bonds. The zero-order valence-corrected chi connectivity index (χ0v) is 10.2. The highest BCUT2D eigenvalue weighted by atomic mass is 35.5. The molecule has 0 saturated carbocycles. The van der Waals surface area contributed by atoms with E-state index in [0.29, 0.717) is 11.6 Å².